The van der Waals surface area contributed by atoms with Crippen LogP contribution < -0.4 is 5.32 Å². The molecule has 0 spiro atoms. The van der Waals surface area contributed by atoms with Crippen molar-refractivity contribution >= 4 is 35.3 Å². The molecule has 1 N–H and O–H groups in total. The van der Waals surface area contributed by atoms with Crippen LogP contribution in [-0.2, 0) is 20.9 Å². The number of benzene rings is 2. The zero-order valence-electron chi connectivity index (χ0n) is 14.1. The van der Waals surface area contributed by atoms with Gasteiger partial charge in [-0.2, -0.15) is 0 Å². The minimum atomic E-state index is -0.850. The summed E-state index contributed by atoms with van der Waals surface area (Å²) in [6, 6.07) is 13.3. The van der Waals surface area contributed by atoms with Crippen molar-refractivity contribution in [3.8, 4) is 0 Å². The lowest BCUT2D eigenvalue weighted by molar-refractivity contribution is -0.148. The van der Waals surface area contributed by atoms with Crippen molar-refractivity contribution in [1.82, 2.24) is 10.2 Å². The molecule has 0 saturated carbocycles. The van der Waals surface area contributed by atoms with Crippen LogP contribution in [0.5, 0.6) is 0 Å². The van der Waals surface area contributed by atoms with Crippen LogP contribution in [-0.4, -0.2) is 41.7 Å². The number of esters is 1. The SMILES string of the molecule is O=C(COC(=O)CN1C(=O)c2ccccc2C1=O)NCc1ccccc1Cl. The lowest BCUT2D eigenvalue weighted by Crippen LogP contribution is -2.37. The maximum absolute atomic E-state index is 12.2. The molecular formula is C19H15ClN2O5. The fourth-order valence-electron chi connectivity index (χ4n) is 2.59. The molecule has 1 aliphatic rings. The summed E-state index contributed by atoms with van der Waals surface area (Å²) >= 11 is 5.99. The molecule has 0 aromatic heterocycles. The molecular weight excluding hydrogens is 372 g/mol. The fraction of sp³-hybridized carbons (Fsp3) is 0.158. The number of amides is 3. The molecule has 138 valence electrons. The van der Waals surface area contributed by atoms with Gasteiger partial charge in [-0.15, -0.1) is 0 Å². The van der Waals surface area contributed by atoms with Gasteiger partial charge in [0.15, 0.2) is 6.61 Å². The van der Waals surface area contributed by atoms with Crippen LogP contribution in [0, 0.1) is 0 Å². The van der Waals surface area contributed by atoms with E-state index in [-0.39, 0.29) is 17.7 Å². The van der Waals surface area contributed by atoms with E-state index in [0.717, 1.165) is 10.5 Å². The topological polar surface area (TPSA) is 92.8 Å². The summed E-state index contributed by atoms with van der Waals surface area (Å²) in [5.74, 6) is -2.49. The molecule has 1 aliphatic heterocycles. The van der Waals surface area contributed by atoms with E-state index in [0.29, 0.717) is 5.02 Å². The van der Waals surface area contributed by atoms with Crippen LogP contribution in [0.25, 0.3) is 0 Å². The number of carbonyl (C=O) groups is 4. The second-order valence-corrected chi connectivity index (χ2v) is 6.18. The van der Waals surface area contributed by atoms with Gasteiger partial charge in [0.2, 0.25) is 0 Å². The highest BCUT2D eigenvalue weighted by Crippen LogP contribution is 2.22. The Morgan fingerprint density at radius 2 is 1.56 bits per heavy atom. The monoisotopic (exact) mass is 386 g/mol. The molecule has 3 amide bonds. The van der Waals surface area contributed by atoms with Gasteiger partial charge in [-0.1, -0.05) is 41.9 Å². The Kier molecular flexibility index (Phi) is 5.52. The van der Waals surface area contributed by atoms with Gasteiger partial charge in [-0.25, -0.2) is 0 Å². The Bertz CT molecular complexity index is 893. The Hall–Kier alpha value is -3.19. The Labute approximate surface area is 159 Å². The molecule has 0 fully saturated rings. The van der Waals surface area contributed by atoms with E-state index in [1.807, 2.05) is 0 Å². The van der Waals surface area contributed by atoms with E-state index in [1.165, 1.54) is 12.1 Å². The van der Waals surface area contributed by atoms with Crippen molar-refractivity contribution in [1.29, 1.82) is 0 Å². The second kappa shape index (κ2) is 8.01. The van der Waals surface area contributed by atoms with E-state index in [1.54, 1.807) is 36.4 Å². The van der Waals surface area contributed by atoms with Gasteiger partial charge >= 0.3 is 5.97 Å². The average Bonchev–Trinajstić information content (AvgIpc) is 2.91. The Morgan fingerprint density at radius 3 is 2.19 bits per heavy atom. The number of ether oxygens (including phenoxy) is 1. The summed E-state index contributed by atoms with van der Waals surface area (Å²) in [6.07, 6.45) is 0. The zero-order valence-corrected chi connectivity index (χ0v) is 14.9. The normalized spacial score (nSPS) is 12.7. The number of nitrogens with one attached hydrogen (secondary N) is 1. The maximum atomic E-state index is 12.2. The molecule has 2 aromatic carbocycles. The number of hydrogen-bond donors (Lipinski definition) is 1. The van der Waals surface area contributed by atoms with Crippen LogP contribution >= 0.6 is 11.6 Å². The molecule has 0 aliphatic carbocycles. The van der Waals surface area contributed by atoms with Crippen molar-refractivity contribution in [2.24, 2.45) is 0 Å². The van der Waals surface area contributed by atoms with E-state index < -0.39 is 36.8 Å². The van der Waals surface area contributed by atoms with Crippen molar-refractivity contribution in [3.05, 3.63) is 70.2 Å². The quantitative estimate of drug-likeness (QED) is 0.603. The van der Waals surface area contributed by atoms with Gasteiger partial charge in [0.1, 0.15) is 6.54 Å². The summed E-state index contributed by atoms with van der Waals surface area (Å²) < 4.78 is 4.85. The van der Waals surface area contributed by atoms with Crippen molar-refractivity contribution in [2.45, 2.75) is 6.54 Å². The van der Waals surface area contributed by atoms with Gasteiger partial charge in [-0.05, 0) is 23.8 Å². The lowest BCUT2D eigenvalue weighted by Gasteiger charge is -2.13. The number of fused-ring (bicyclic) bond motifs is 1. The Morgan fingerprint density at radius 1 is 0.963 bits per heavy atom. The summed E-state index contributed by atoms with van der Waals surface area (Å²) in [4.78, 5) is 48.9. The third-order valence-electron chi connectivity index (χ3n) is 3.96. The van der Waals surface area contributed by atoms with Crippen LogP contribution in [0.2, 0.25) is 5.02 Å². The predicted molar refractivity (Wildman–Crippen MR) is 96.1 cm³/mol. The van der Waals surface area contributed by atoms with Gasteiger partial charge in [-0.3, -0.25) is 24.1 Å². The molecule has 7 nitrogen and oxygen atoms in total. The van der Waals surface area contributed by atoms with Gasteiger partial charge in [0, 0.05) is 11.6 Å². The van der Waals surface area contributed by atoms with Crippen LogP contribution in [0.3, 0.4) is 0 Å². The van der Waals surface area contributed by atoms with Gasteiger partial charge in [0.25, 0.3) is 17.7 Å². The number of carbonyl (C=O) groups excluding carboxylic acids is 4. The first-order chi connectivity index (χ1) is 13.0. The van der Waals surface area contributed by atoms with Crippen molar-refractivity contribution in [3.63, 3.8) is 0 Å². The minimum Gasteiger partial charge on any atom is -0.454 e. The number of rotatable bonds is 6. The van der Waals surface area contributed by atoms with Crippen LogP contribution in [0.1, 0.15) is 26.3 Å². The van der Waals surface area contributed by atoms with Crippen LogP contribution in [0.4, 0.5) is 0 Å². The second-order valence-electron chi connectivity index (χ2n) is 5.77. The number of imide groups is 1. The van der Waals surface area contributed by atoms with Crippen molar-refractivity contribution in [2.75, 3.05) is 13.2 Å². The zero-order chi connectivity index (χ0) is 19.4. The summed E-state index contributed by atoms with van der Waals surface area (Å²) in [5, 5.41) is 3.09. The smallest absolute Gasteiger partial charge is 0.326 e. The molecule has 0 radical (unpaired) electrons. The first-order valence-electron chi connectivity index (χ1n) is 8.08. The highest BCUT2D eigenvalue weighted by Gasteiger charge is 2.36. The average molecular weight is 387 g/mol. The van der Waals surface area contributed by atoms with E-state index in [2.05, 4.69) is 5.32 Å². The molecule has 0 bridgehead atoms. The highest BCUT2D eigenvalue weighted by molar-refractivity contribution is 6.31. The predicted octanol–water partition coefficient (Wildman–Crippen LogP) is 1.80. The van der Waals surface area contributed by atoms with E-state index >= 15 is 0 Å². The lowest BCUT2D eigenvalue weighted by atomic mass is 10.1. The molecule has 0 unspecified atom stereocenters. The molecule has 8 heteroatoms. The molecule has 1 heterocycles. The first kappa shape index (κ1) is 18.6. The maximum Gasteiger partial charge on any atom is 0.326 e. The molecule has 0 atom stereocenters. The van der Waals surface area contributed by atoms with Gasteiger partial charge < -0.3 is 10.1 Å². The van der Waals surface area contributed by atoms with Crippen molar-refractivity contribution < 1.29 is 23.9 Å². The number of halogens is 1. The standard InChI is InChI=1S/C19H15ClN2O5/c20-15-8-4-1-5-12(15)9-21-16(23)11-27-17(24)10-22-18(25)13-6-2-3-7-14(13)19(22)26/h1-8H,9-11H2,(H,21,23). The largest absolute Gasteiger partial charge is 0.454 e. The number of hydrogen-bond acceptors (Lipinski definition) is 5. The molecule has 3 rings (SSSR count). The van der Waals surface area contributed by atoms with E-state index in [9.17, 15) is 19.2 Å². The third kappa shape index (κ3) is 4.15. The summed E-state index contributed by atoms with van der Waals surface area (Å²) in [6.45, 7) is -0.884. The third-order valence-corrected chi connectivity index (χ3v) is 4.33. The first-order valence-corrected chi connectivity index (χ1v) is 8.46. The number of nitrogens with zero attached hydrogens (tertiary/aromatic N) is 1. The highest BCUT2D eigenvalue weighted by atomic mass is 35.5. The Balaban J connectivity index is 1.48. The fourth-order valence-corrected chi connectivity index (χ4v) is 2.79. The molecule has 2 aromatic rings. The molecule has 0 saturated heterocycles. The van der Waals surface area contributed by atoms with Crippen LogP contribution in [0.15, 0.2) is 48.5 Å². The molecule has 27 heavy (non-hydrogen) atoms. The summed E-state index contributed by atoms with van der Waals surface area (Å²) in [7, 11) is 0. The van der Waals surface area contributed by atoms with Gasteiger partial charge in [0.05, 0.1) is 11.1 Å². The minimum absolute atomic E-state index is 0.189. The van der Waals surface area contributed by atoms with E-state index in [4.69, 9.17) is 16.3 Å². The summed E-state index contributed by atoms with van der Waals surface area (Å²) in [5.41, 5.74) is 1.21.